The predicted octanol–water partition coefficient (Wildman–Crippen LogP) is 3.48. The Morgan fingerprint density at radius 3 is 2.84 bits per heavy atom. The summed E-state index contributed by atoms with van der Waals surface area (Å²) in [5, 5.41) is 3.43. The number of ether oxygens (including phenoxy) is 1. The Labute approximate surface area is 148 Å². The molecule has 0 radical (unpaired) electrons. The highest BCUT2D eigenvalue weighted by atomic mass is 16.5. The topological polar surface area (TPSA) is 67.0 Å². The normalized spacial score (nSPS) is 17.5. The number of nitrogens with one attached hydrogen (secondary N) is 2. The van der Waals surface area contributed by atoms with E-state index in [-0.39, 0.29) is 5.97 Å². The van der Waals surface area contributed by atoms with Crippen LogP contribution >= 0.6 is 0 Å². The zero-order valence-electron chi connectivity index (χ0n) is 14.9. The molecule has 1 saturated carbocycles. The Kier molecular flexibility index (Phi) is 4.34. The van der Waals surface area contributed by atoms with Gasteiger partial charge in [-0.15, -0.1) is 0 Å². The molecule has 5 nitrogen and oxygen atoms in total. The molecule has 4 rings (SSSR count). The van der Waals surface area contributed by atoms with Gasteiger partial charge in [-0.3, -0.25) is 0 Å². The van der Waals surface area contributed by atoms with Crippen LogP contribution in [-0.2, 0) is 17.7 Å². The van der Waals surface area contributed by atoms with E-state index in [4.69, 9.17) is 9.72 Å². The summed E-state index contributed by atoms with van der Waals surface area (Å²) in [5.41, 5.74) is 6.31. The summed E-state index contributed by atoms with van der Waals surface area (Å²) >= 11 is 0. The smallest absolute Gasteiger partial charge is 0.338 e. The number of imidazole rings is 1. The van der Waals surface area contributed by atoms with Gasteiger partial charge in [0.05, 0.1) is 24.1 Å². The SMILES string of the molecule is COC(=O)c1cc(-c2nc3c([nH]2)CNCCC3)c(C2CCC2)cc1C. The zero-order valence-corrected chi connectivity index (χ0v) is 14.9. The lowest BCUT2D eigenvalue weighted by Gasteiger charge is -2.28. The summed E-state index contributed by atoms with van der Waals surface area (Å²) in [6.07, 6.45) is 5.81. The largest absolute Gasteiger partial charge is 0.465 e. The Balaban J connectivity index is 1.82. The van der Waals surface area contributed by atoms with E-state index in [2.05, 4.69) is 16.4 Å². The van der Waals surface area contributed by atoms with E-state index in [1.807, 2.05) is 13.0 Å². The van der Waals surface area contributed by atoms with Crippen molar-refractivity contribution in [2.24, 2.45) is 0 Å². The lowest BCUT2D eigenvalue weighted by molar-refractivity contribution is 0.0600. The molecule has 0 spiro atoms. The number of hydrogen-bond acceptors (Lipinski definition) is 4. The number of benzene rings is 1. The average molecular weight is 339 g/mol. The Morgan fingerprint density at radius 1 is 1.28 bits per heavy atom. The number of carbonyl (C=O) groups excluding carboxylic acids is 1. The van der Waals surface area contributed by atoms with Gasteiger partial charge in [0.1, 0.15) is 5.82 Å². The lowest BCUT2D eigenvalue weighted by atomic mass is 9.77. The van der Waals surface area contributed by atoms with Crippen LogP contribution in [0.4, 0.5) is 0 Å². The van der Waals surface area contributed by atoms with Crippen LogP contribution in [0.5, 0.6) is 0 Å². The number of aromatic amines is 1. The second kappa shape index (κ2) is 6.64. The first-order valence-corrected chi connectivity index (χ1v) is 9.19. The Morgan fingerprint density at radius 2 is 2.12 bits per heavy atom. The number of carbonyl (C=O) groups is 1. The molecule has 5 heteroatoms. The highest BCUT2D eigenvalue weighted by Gasteiger charge is 2.26. The summed E-state index contributed by atoms with van der Waals surface area (Å²) in [6, 6.07) is 4.14. The quantitative estimate of drug-likeness (QED) is 0.840. The maximum absolute atomic E-state index is 12.2. The third-order valence-electron chi connectivity index (χ3n) is 5.54. The maximum atomic E-state index is 12.2. The number of nitrogens with zero attached hydrogens (tertiary/aromatic N) is 1. The molecule has 0 saturated heterocycles. The highest BCUT2D eigenvalue weighted by molar-refractivity contribution is 5.93. The van der Waals surface area contributed by atoms with Crippen molar-refractivity contribution in [3.63, 3.8) is 0 Å². The second-order valence-electron chi connectivity index (χ2n) is 7.16. The Bertz CT molecular complexity index is 782. The molecule has 25 heavy (non-hydrogen) atoms. The van der Waals surface area contributed by atoms with E-state index in [0.29, 0.717) is 11.5 Å². The molecule has 1 aliphatic carbocycles. The molecule has 1 aromatic heterocycles. The van der Waals surface area contributed by atoms with Gasteiger partial charge in [-0.1, -0.05) is 12.5 Å². The van der Waals surface area contributed by atoms with Crippen LogP contribution in [0, 0.1) is 6.92 Å². The molecule has 1 aromatic carbocycles. The summed E-state index contributed by atoms with van der Waals surface area (Å²) in [6.45, 7) is 3.85. The van der Waals surface area contributed by atoms with Crippen molar-refractivity contribution in [3.05, 3.63) is 40.2 Å². The lowest BCUT2D eigenvalue weighted by Crippen LogP contribution is -2.13. The molecular formula is C20H25N3O2. The molecule has 0 bridgehead atoms. The van der Waals surface area contributed by atoms with Gasteiger partial charge in [0.2, 0.25) is 0 Å². The molecule has 1 fully saturated rings. The molecule has 1 aliphatic heterocycles. The molecule has 2 N–H and O–H groups in total. The van der Waals surface area contributed by atoms with E-state index in [1.165, 1.54) is 37.6 Å². The van der Waals surface area contributed by atoms with Crippen molar-refractivity contribution >= 4 is 5.97 Å². The van der Waals surface area contributed by atoms with E-state index in [0.717, 1.165) is 48.6 Å². The van der Waals surface area contributed by atoms with E-state index < -0.39 is 0 Å². The fourth-order valence-corrected chi connectivity index (χ4v) is 3.84. The number of fused-ring (bicyclic) bond motifs is 1. The fraction of sp³-hybridized carbons (Fsp3) is 0.500. The van der Waals surface area contributed by atoms with Crippen LogP contribution < -0.4 is 5.32 Å². The minimum Gasteiger partial charge on any atom is -0.465 e. The third kappa shape index (κ3) is 2.97. The van der Waals surface area contributed by atoms with Crippen LogP contribution in [0.2, 0.25) is 0 Å². The minimum atomic E-state index is -0.284. The van der Waals surface area contributed by atoms with E-state index >= 15 is 0 Å². The van der Waals surface area contributed by atoms with E-state index in [1.54, 1.807) is 0 Å². The van der Waals surface area contributed by atoms with Gasteiger partial charge in [-0.2, -0.15) is 0 Å². The predicted molar refractivity (Wildman–Crippen MR) is 96.7 cm³/mol. The molecule has 2 heterocycles. The van der Waals surface area contributed by atoms with E-state index in [9.17, 15) is 4.79 Å². The molecular weight excluding hydrogens is 314 g/mol. The summed E-state index contributed by atoms with van der Waals surface area (Å²) < 4.78 is 4.97. The molecule has 132 valence electrons. The van der Waals surface area contributed by atoms with Gasteiger partial charge in [0, 0.05) is 12.1 Å². The number of aryl methyl sites for hydroxylation is 2. The highest BCUT2D eigenvalue weighted by Crippen LogP contribution is 2.42. The fourth-order valence-electron chi connectivity index (χ4n) is 3.84. The first-order valence-electron chi connectivity index (χ1n) is 9.19. The van der Waals surface area contributed by atoms with Crippen LogP contribution in [0.25, 0.3) is 11.4 Å². The summed E-state index contributed by atoms with van der Waals surface area (Å²) in [4.78, 5) is 20.6. The number of rotatable bonds is 3. The second-order valence-corrected chi connectivity index (χ2v) is 7.16. The average Bonchev–Trinajstić information content (AvgIpc) is 2.83. The Hall–Kier alpha value is -2.14. The van der Waals surface area contributed by atoms with Gasteiger partial charge in [-0.25, -0.2) is 9.78 Å². The molecule has 2 aliphatic rings. The van der Waals surface area contributed by atoms with Gasteiger partial charge < -0.3 is 15.0 Å². The van der Waals surface area contributed by atoms with Crippen LogP contribution in [0.15, 0.2) is 12.1 Å². The maximum Gasteiger partial charge on any atom is 0.338 e. The van der Waals surface area contributed by atoms with Gasteiger partial charge in [0.15, 0.2) is 0 Å². The molecule has 0 unspecified atom stereocenters. The number of aromatic nitrogens is 2. The monoisotopic (exact) mass is 339 g/mol. The first-order chi connectivity index (χ1) is 12.2. The number of hydrogen-bond donors (Lipinski definition) is 2. The number of H-pyrrole nitrogens is 1. The van der Waals surface area contributed by atoms with Crippen molar-refractivity contribution in [1.29, 1.82) is 0 Å². The van der Waals surface area contributed by atoms with Gasteiger partial charge in [0.25, 0.3) is 0 Å². The molecule has 0 atom stereocenters. The molecule has 2 aromatic rings. The van der Waals surface area contributed by atoms with Gasteiger partial charge in [-0.05, 0) is 62.3 Å². The van der Waals surface area contributed by atoms with Crippen LogP contribution in [0.1, 0.15) is 64.5 Å². The first kappa shape index (κ1) is 16.3. The number of methoxy groups -OCH3 is 1. The summed E-state index contributed by atoms with van der Waals surface area (Å²) in [7, 11) is 1.43. The minimum absolute atomic E-state index is 0.284. The van der Waals surface area contributed by atoms with Crippen molar-refractivity contribution in [3.8, 4) is 11.4 Å². The standard InChI is InChI=1S/C20H25N3O2/c1-12-9-15(13-5-3-6-13)16(10-14(12)20(24)25-2)19-22-17-7-4-8-21-11-18(17)23-19/h9-10,13,21H,3-8,11H2,1-2H3,(H,22,23). The van der Waals surface area contributed by atoms with Crippen LogP contribution in [0.3, 0.4) is 0 Å². The van der Waals surface area contributed by atoms with Crippen molar-refractivity contribution in [1.82, 2.24) is 15.3 Å². The van der Waals surface area contributed by atoms with Crippen molar-refractivity contribution < 1.29 is 9.53 Å². The number of esters is 1. The van der Waals surface area contributed by atoms with Crippen molar-refractivity contribution in [2.45, 2.75) is 51.5 Å². The van der Waals surface area contributed by atoms with Crippen LogP contribution in [-0.4, -0.2) is 29.6 Å². The summed E-state index contributed by atoms with van der Waals surface area (Å²) in [5.74, 6) is 1.18. The van der Waals surface area contributed by atoms with Crippen molar-refractivity contribution in [2.75, 3.05) is 13.7 Å². The third-order valence-corrected chi connectivity index (χ3v) is 5.54. The zero-order chi connectivity index (χ0) is 17.4. The van der Waals surface area contributed by atoms with Gasteiger partial charge >= 0.3 is 5.97 Å². The molecule has 0 amide bonds.